The van der Waals surface area contributed by atoms with E-state index in [4.69, 9.17) is 4.74 Å². The van der Waals surface area contributed by atoms with Gasteiger partial charge in [-0.15, -0.1) is 0 Å². The van der Waals surface area contributed by atoms with E-state index in [0.29, 0.717) is 6.54 Å². The zero-order valence-corrected chi connectivity index (χ0v) is 16.6. The summed E-state index contributed by atoms with van der Waals surface area (Å²) in [4.78, 5) is 14.3. The second-order valence-corrected chi connectivity index (χ2v) is 6.54. The summed E-state index contributed by atoms with van der Waals surface area (Å²) in [5.41, 5.74) is 3.40. The Labute approximate surface area is 166 Å². The molecule has 0 aliphatic heterocycles. The fraction of sp³-hybridized carbons (Fsp3) is 0.273. The number of aliphatic imine (C=N–C) groups is 1. The molecule has 3 aromatic rings. The molecular formula is C22H27N5O. The minimum absolute atomic E-state index is 0.648. The first-order valence-corrected chi connectivity index (χ1v) is 9.33. The summed E-state index contributed by atoms with van der Waals surface area (Å²) >= 11 is 0. The Balaban J connectivity index is 1.52. The van der Waals surface area contributed by atoms with Gasteiger partial charge in [0.25, 0.3) is 0 Å². The molecule has 0 atom stereocenters. The zero-order chi connectivity index (χ0) is 19.8. The van der Waals surface area contributed by atoms with E-state index in [9.17, 15) is 0 Å². The smallest absolute Gasteiger partial charge is 0.193 e. The highest BCUT2D eigenvalue weighted by Crippen LogP contribution is 2.16. The van der Waals surface area contributed by atoms with Crippen LogP contribution in [0.4, 0.5) is 0 Å². The van der Waals surface area contributed by atoms with Crippen molar-refractivity contribution >= 4 is 5.96 Å². The number of imidazole rings is 1. The van der Waals surface area contributed by atoms with Gasteiger partial charge in [0.05, 0.1) is 25.5 Å². The van der Waals surface area contributed by atoms with Crippen LogP contribution < -0.4 is 10.1 Å². The molecule has 0 aliphatic rings. The highest BCUT2D eigenvalue weighted by atomic mass is 16.5. The molecule has 0 saturated carbocycles. The van der Waals surface area contributed by atoms with Crippen molar-refractivity contribution in [3.63, 3.8) is 0 Å². The van der Waals surface area contributed by atoms with Crippen molar-refractivity contribution in [1.82, 2.24) is 20.2 Å². The standard InChI is InChI=1S/C22H27N5O/c1-23-22(24-14-13-17-9-11-19(28-3)12-10-17)27(2)16-21-25-15-20(26-21)18-7-5-4-6-8-18/h4-12,15H,13-14,16H2,1-3H3,(H,23,24)(H,25,26). The quantitative estimate of drug-likeness (QED) is 0.490. The summed E-state index contributed by atoms with van der Waals surface area (Å²) in [7, 11) is 5.48. The normalized spacial score (nSPS) is 11.3. The minimum atomic E-state index is 0.648. The van der Waals surface area contributed by atoms with E-state index < -0.39 is 0 Å². The highest BCUT2D eigenvalue weighted by molar-refractivity contribution is 5.79. The lowest BCUT2D eigenvalue weighted by Gasteiger charge is -2.21. The number of H-pyrrole nitrogens is 1. The van der Waals surface area contributed by atoms with Crippen LogP contribution in [0.15, 0.2) is 65.8 Å². The van der Waals surface area contributed by atoms with E-state index in [1.54, 1.807) is 14.2 Å². The number of hydrogen-bond acceptors (Lipinski definition) is 3. The average molecular weight is 377 g/mol. The number of nitrogens with one attached hydrogen (secondary N) is 2. The second kappa shape index (κ2) is 9.60. The van der Waals surface area contributed by atoms with Crippen LogP contribution in [-0.2, 0) is 13.0 Å². The van der Waals surface area contributed by atoms with Crippen LogP contribution in [0.2, 0.25) is 0 Å². The van der Waals surface area contributed by atoms with E-state index in [0.717, 1.165) is 41.8 Å². The van der Waals surface area contributed by atoms with Gasteiger partial charge in [-0.25, -0.2) is 4.98 Å². The molecular weight excluding hydrogens is 350 g/mol. The number of nitrogens with zero attached hydrogens (tertiary/aromatic N) is 3. The lowest BCUT2D eigenvalue weighted by Crippen LogP contribution is -2.39. The molecule has 2 N–H and O–H groups in total. The molecule has 0 spiro atoms. The first kappa shape index (κ1) is 19.5. The van der Waals surface area contributed by atoms with Gasteiger partial charge in [0, 0.05) is 20.6 Å². The molecule has 0 unspecified atom stereocenters. The van der Waals surface area contributed by atoms with E-state index in [-0.39, 0.29) is 0 Å². The molecule has 0 amide bonds. The number of benzene rings is 2. The topological polar surface area (TPSA) is 65.5 Å². The van der Waals surface area contributed by atoms with Gasteiger partial charge in [0.15, 0.2) is 5.96 Å². The van der Waals surface area contributed by atoms with Gasteiger partial charge in [-0.2, -0.15) is 0 Å². The molecule has 146 valence electrons. The van der Waals surface area contributed by atoms with Crippen molar-refractivity contribution in [1.29, 1.82) is 0 Å². The van der Waals surface area contributed by atoms with Crippen LogP contribution in [0, 0.1) is 0 Å². The second-order valence-electron chi connectivity index (χ2n) is 6.54. The Morgan fingerprint density at radius 2 is 1.89 bits per heavy atom. The third-order valence-electron chi connectivity index (χ3n) is 4.53. The Bertz CT molecular complexity index is 887. The van der Waals surface area contributed by atoms with Crippen LogP contribution >= 0.6 is 0 Å². The summed E-state index contributed by atoms with van der Waals surface area (Å²) in [5.74, 6) is 2.62. The Hall–Kier alpha value is -3.28. The fourth-order valence-corrected chi connectivity index (χ4v) is 3.00. The number of guanidine groups is 1. The van der Waals surface area contributed by atoms with Crippen LogP contribution in [-0.4, -0.2) is 48.6 Å². The molecule has 3 rings (SSSR count). The van der Waals surface area contributed by atoms with Crippen molar-refractivity contribution in [3.8, 4) is 17.0 Å². The summed E-state index contributed by atoms with van der Waals surface area (Å²) in [6.07, 6.45) is 2.79. The van der Waals surface area contributed by atoms with E-state index in [1.807, 2.05) is 43.6 Å². The predicted molar refractivity (Wildman–Crippen MR) is 114 cm³/mol. The van der Waals surface area contributed by atoms with Crippen LogP contribution in [0.5, 0.6) is 5.75 Å². The third kappa shape index (κ3) is 5.13. The first-order valence-electron chi connectivity index (χ1n) is 9.33. The van der Waals surface area contributed by atoms with Gasteiger partial charge in [-0.3, -0.25) is 4.99 Å². The van der Waals surface area contributed by atoms with Crippen LogP contribution in [0.3, 0.4) is 0 Å². The van der Waals surface area contributed by atoms with Gasteiger partial charge in [0.1, 0.15) is 11.6 Å². The van der Waals surface area contributed by atoms with Crippen molar-refractivity contribution in [2.75, 3.05) is 27.7 Å². The molecule has 2 aromatic carbocycles. The van der Waals surface area contributed by atoms with Gasteiger partial charge >= 0.3 is 0 Å². The van der Waals surface area contributed by atoms with Crippen LogP contribution in [0.1, 0.15) is 11.4 Å². The van der Waals surface area contributed by atoms with Gasteiger partial charge < -0.3 is 19.9 Å². The first-order chi connectivity index (χ1) is 13.7. The van der Waals surface area contributed by atoms with Crippen molar-refractivity contribution in [2.24, 2.45) is 4.99 Å². The molecule has 1 heterocycles. The lowest BCUT2D eigenvalue weighted by molar-refractivity contribution is 0.414. The van der Waals surface area contributed by atoms with Gasteiger partial charge in [-0.1, -0.05) is 42.5 Å². The molecule has 0 aliphatic carbocycles. The van der Waals surface area contributed by atoms with E-state index >= 15 is 0 Å². The molecule has 0 bridgehead atoms. The Kier molecular flexibility index (Phi) is 6.68. The molecule has 6 heteroatoms. The maximum Gasteiger partial charge on any atom is 0.193 e. The number of hydrogen-bond donors (Lipinski definition) is 2. The summed E-state index contributed by atoms with van der Waals surface area (Å²) < 4.78 is 5.20. The predicted octanol–water partition coefficient (Wildman–Crippen LogP) is 3.34. The monoisotopic (exact) mass is 377 g/mol. The van der Waals surface area contributed by atoms with Crippen molar-refractivity contribution < 1.29 is 4.74 Å². The highest BCUT2D eigenvalue weighted by Gasteiger charge is 2.09. The third-order valence-corrected chi connectivity index (χ3v) is 4.53. The van der Waals surface area contributed by atoms with Gasteiger partial charge in [0.2, 0.25) is 0 Å². The molecule has 0 saturated heterocycles. The molecule has 6 nitrogen and oxygen atoms in total. The number of aromatic amines is 1. The Morgan fingerprint density at radius 1 is 1.14 bits per heavy atom. The maximum absolute atomic E-state index is 5.20. The van der Waals surface area contributed by atoms with Crippen LogP contribution in [0.25, 0.3) is 11.3 Å². The van der Waals surface area contributed by atoms with Gasteiger partial charge in [-0.05, 0) is 29.7 Å². The summed E-state index contributed by atoms with van der Waals surface area (Å²) in [5, 5.41) is 3.41. The summed E-state index contributed by atoms with van der Waals surface area (Å²) in [6.45, 7) is 1.45. The lowest BCUT2D eigenvalue weighted by atomic mass is 10.1. The summed E-state index contributed by atoms with van der Waals surface area (Å²) in [6, 6.07) is 18.3. The van der Waals surface area contributed by atoms with E-state index in [1.165, 1.54) is 5.56 Å². The zero-order valence-electron chi connectivity index (χ0n) is 16.6. The number of ether oxygens (including phenoxy) is 1. The van der Waals surface area contributed by atoms with Crippen molar-refractivity contribution in [3.05, 3.63) is 72.2 Å². The number of aromatic nitrogens is 2. The number of rotatable bonds is 7. The minimum Gasteiger partial charge on any atom is -0.497 e. The SMILES string of the molecule is CN=C(NCCc1ccc(OC)cc1)N(C)Cc1ncc(-c2ccccc2)[nH]1. The molecule has 0 radical (unpaired) electrons. The maximum atomic E-state index is 5.20. The largest absolute Gasteiger partial charge is 0.497 e. The molecule has 0 fully saturated rings. The average Bonchev–Trinajstić information content (AvgIpc) is 3.20. The molecule has 1 aromatic heterocycles. The van der Waals surface area contributed by atoms with Crippen molar-refractivity contribution in [2.45, 2.75) is 13.0 Å². The molecule has 28 heavy (non-hydrogen) atoms. The van der Waals surface area contributed by atoms with E-state index in [2.05, 4.69) is 49.4 Å². The fourth-order valence-electron chi connectivity index (χ4n) is 3.00. The Morgan fingerprint density at radius 3 is 2.57 bits per heavy atom. The number of methoxy groups -OCH3 is 1.